The Balaban J connectivity index is 1.97. The van der Waals surface area contributed by atoms with E-state index >= 15 is 0 Å². The average molecular weight is 432 g/mol. The monoisotopic (exact) mass is 432 g/mol. The normalized spacial score (nSPS) is 11.0. The van der Waals surface area contributed by atoms with Gasteiger partial charge in [0.05, 0.1) is 17.7 Å². The number of carbonyl (C=O) groups is 1. The molecule has 0 aliphatic heterocycles. The third-order valence-corrected chi connectivity index (χ3v) is 5.95. The Hall–Kier alpha value is -3.46. The Morgan fingerprint density at radius 3 is 2.30 bits per heavy atom. The van der Waals surface area contributed by atoms with Gasteiger partial charge in [0.15, 0.2) is 11.6 Å². The fourth-order valence-electron chi connectivity index (χ4n) is 2.76. The van der Waals surface area contributed by atoms with Crippen LogP contribution >= 0.6 is 0 Å². The minimum atomic E-state index is -4.13. The lowest BCUT2D eigenvalue weighted by Crippen LogP contribution is -2.38. The van der Waals surface area contributed by atoms with E-state index in [9.17, 15) is 22.0 Å². The molecule has 0 radical (unpaired) electrons. The summed E-state index contributed by atoms with van der Waals surface area (Å²) in [6.07, 6.45) is 0. The fraction of sp³-hybridized carbons (Fsp3) is 0.0952. The first-order valence-corrected chi connectivity index (χ1v) is 10.2. The van der Waals surface area contributed by atoms with Gasteiger partial charge in [-0.15, -0.1) is 0 Å². The van der Waals surface area contributed by atoms with Crippen molar-refractivity contribution in [3.05, 3.63) is 84.4 Å². The van der Waals surface area contributed by atoms with Gasteiger partial charge in [-0.25, -0.2) is 17.2 Å². The molecule has 0 aliphatic rings. The standard InChI is InChI=1S/C21H18F2N2O4S/c1-29-20-10-6-5-9-19(20)25(30(27,28)16-7-3-2-4-8-16)14-21(26)24-15-11-12-17(22)18(23)13-15/h2-13H,14H2,1H3,(H,24,26). The summed E-state index contributed by atoms with van der Waals surface area (Å²) in [5.74, 6) is -2.69. The second kappa shape index (κ2) is 8.91. The van der Waals surface area contributed by atoms with Crippen LogP contribution in [0.25, 0.3) is 0 Å². The Morgan fingerprint density at radius 1 is 0.967 bits per heavy atom. The first-order chi connectivity index (χ1) is 14.3. The van der Waals surface area contributed by atoms with Gasteiger partial charge in [0, 0.05) is 11.8 Å². The number of halogens is 2. The van der Waals surface area contributed by atoms with E-state index in [1.54, 1.807) is 36.4 Å². The van der Waals surface area contributed by atoms with Crippen molar-refractivity contribution in [3.8, 4) is 5.75 Å². The van der Waals surface area contributed by atoms with Gasteiger partial charge in [-0.3, -0.25) is 9.10 Å². The van der Waals surface area contributed by atoms with Gasteiger partial charge >= 0.3 is 0 Å². The van der Waals surface area contributed by atoms with E-state index in [2.05, 4.69) is 5.32 Å². The van der Waals surface area contributed by atoms with Crippen LogP contribution in [0.4, 0.5) is 20.2 Å². The molecule has 0 atom stereocenters. The lowest BCUT2D eigenvalue weighted by atomic mass is 10.3. The highest BCUT2D eigenvalue weighted by Gasteiger charge is 2.29. The number of nitrogens with zero attached hydrogens (tertiary/aromatic N) is 1. The molecule has 3 aromatic rings. The van der Waals surface area contributed by atoms with Crippen molar-refractivity contribution in [1.82, 2.24) is 0 Å². The zero-order chi connectivity index (χ0) is 21.7. The molecule has 0 fully saturated rings. The average Bonchev–Trinajstić information content (AvgIpc) is 2.75. The molecule has 3 aromatic carbocycles. The van der Waals surface area contributed by atoms with Gasteiger partial charge in [-0.05, 0) is 36.4 Å². The second-order valence-electron chi connectivity index (χ2n) is 6.17. The van der Waals surface area contributed by atoms with Crippen LogP contribution in [0, 0.1) is 11.6 Å². The van der Waals surface area contributed by atoms with Crippen LogP contribution in [0.1, 0.15) is 0 Å². The van der Waals surface area contributed by atoms with Crippen molar-refractivity contribution in [3.63, 3.8) is 0 Å². The minimum Gasteiger partial charge on any atom is -0.495 e. The number of amides is 1. The summed E-state index contributed by atoms with van der Waals surface area (Å²) in [5.41, 5.74) is 0.153. The highest BCUT2D eigenvalue weighted by molar-refractivity contribution is 7.92. The highest BCUT2D eigenvalue weighted by Crippen LogP contribution is 2.32. The van der Waals surface area contributed by atoms with Crippen LogP contribution in [0.5, 0.6) is 5.75 Å². The topological polar surface area (TPSA) is 75.7 Å². The minimum absolute atomic E-state index is 0.00372. The van der Waals surface area contributed by atoms with E-state index < -0.39 is 34.1 Å². The first-order valence-electron chi connectivity index (χ1n) is 8.78. The number of benzene rings is 3. The summed E-state index contributed by atoms with van der Waals surface area (Å²) < 4.78 is 59.2. The van der Waals surface area contributed by atoms with Crippen LogP contribution in [0.2, 0.25) is 0 Å². The van der Waals surface area contributed by atoms with E-state index in [0.717, 1.165) is 16.4 Å². The molecule has 0 aliphatic carbocycles. The molecule has 0 heterocycles. The van der Waals surface area contributed by atoms with Crippen LogP contribution < -0.4 is 14.4 Å². The Morgan fingerprint density at radius 2 is 1.63 bits per heavy atom. The van der Waals surface area contributed by atoms with Gasteiger partial charge in [0.25, 0.3) is 10.0 Å². The quantitative estimate of drug-likeness (QED) is 0.616. The Kier molecular flexibility index (Phi) is 6.31. The van der Waals surface area contributed by atoms with Crippen LogP contribution in [0.3, 0.4) is 0 Å². The van der Waals surface area contributed by atoms with E-state index in [0.29, 0.717) is 0 Å². The van der Waals surface area contributed by atoms with Crippen molar-refractivity contribution in [2.24, 2.45) is 0 Å². The lowest BCUT2D eigenvalue weighted by Gasteiger charge is -2.25. The molecular formula is C21H18F2N2O4S. The van der Waals surface area contributed by atoms with Gasteiger partial charge < -0.3 is 10.1 Å². The van der Waals surface area contributed by atoms with E-state index in [1.165, 1.54) is 31.4 Å². The molecule has 0 bridgehead atoms. The van der Waals surface area contributed by atoms with E-state index in [-0.39, 0.29) is 22.0 Å². The molecule has 1 amide bonds. The van der Waals surface area contributed by atoms with Gasteiger partial charge in [0.2, 0.25) is 5.91 Å². The largest absolute Gasteiger partial charge is 0.495 e. The maximum Gasteiger partial charge on any atom is 0.264 e. The van der Waals surface area contributed by atoms with E-state index in [1.807, 2.05) is 0 Å². The van der Waals surface area contributed by atoms with Crippen molar-refractivity contribution in [2.45, 2.75) is 4.90 Å². The number of carbonyl (C=O) groups excluding carboxylic acids is 1. The second-order valence-corrected chi connectivity index (χ2v) is 8.04. The smallest absolute Gasteiger partial charge is 0.264 e. The molecule has 30 heavy (non-hydrogen) atoms. The molecular weight excluding hydrogens is 414 g/mol. The number of rotatable bonds is 7. The van der Waals surface area contributed by atoms with Gasteiger partial charge in [-0.1, -0.05) is 30.3 Å². The van der Waals surface area contributed by atoms with Crippen molar-refractivity contribution >= 4 is 27.3 Å². The third-order valence-electron chi connectivity index (χ3n) is 4.18. The van der Waals surface area contributed by atoms with Crippen LogP contribution in [-0.4, -0.2) is 28.0 Å². The van der Waals surface area contributed by atoms with Crippen LogP contribution in [-0.2, 0) is 14.8 Å². The SMILES string of the molecule is COc1ccccc1N(CC(=O)Nc1ccc(F)c(F)c1)S(=O)(=O)c1ccccc1. The number of methoxy groups -OCH3 is 1. The first kappa shape index (κ1) is 21.3. The molecule has 156 valence electrons. The zero-order valence-corrected chi connectivity index (χ0v) is 16.7. The summed E-state index contributed by atoms with van der Waals surface area (Å²) >= 11 is 0. The number of hydrogen-bond acceptors (Lipinski definition) is 4. The molecule has 9 heteroatoms. The summed E-state index contributed by atoms with van der Waals surface area (Å²) in [6.45, 7) is -0.614. The fourth-order valence-corrected chi connectivity index (χ4v) is 4.21. The Labute approximate surface area is 172 Å². The number of anilines is 2. The molecule has 6 nitrogen and oxygen atoms in total. The molecule has 0 saturated carbocycles. The Bertz CT molecular complexity index is 1150. The molecule has 0 aromatic heterocycles. The number of ether oxygens (including phenoxy) is 1. The van der Waals surface area contributed by atoms with Crippen molar-refractivity contribution < 1.29 is 26.7 Å². The molecule has 0 spiro atoms. The number of nitrogens with one attached hydrogen (secondary N) is 1. The summed E-state index contributed by atoms with van der Waals surface area (Å²) in [4.78, 5) is 12.6. The summed E-state index contributed by atoms with van der Waals surface area (Å²) in [7, 11) is -2.75. The summed E-state index contributed by atoms with van der Waals surface area (Å²) in [6, 6.07) is 16.8. The van der Waals surface area contributed by atoms with Gasteiger partial charge in [0.1, 0.15) is 12.3 Å². The highest BCUT2D eigenvalue weighted by atomic mass is 32.2. The number of hydrogen-bond donors (Lipinski definition) is 1. The molecule has 0 unspecified atom stereocenters. The number of sulfonamides is 1. The lowest BCUT2D eigenvalue weighted by molar-refractivity contribution is -0.114. The van der Waals surface area contributed by atoms with Gasteiger partial charge in [-0.2, -0.15) is 0 Å². The van der Waals surface area contributed by atoms with Crippen LogP contribution in [0.15, 0.2) is 77.7 Å². The number of para-hydroxylation sites is 2. The third kappa shape index (κ3) is 4.57. The predicted molar refractivity (Wildman–Crippen MR) is 109 cm³/mol. The summed E-state index contributed by atoms with van der Waals surface area (Å²) in [5, 5.41) is 2.38. The maximum absolute atomic E-state index is 13.4. The van der Waals surface area contributed by atoms with Crippen molar-refractivity contribution in [1.29, 1.82) is 0 Å². The molecule has 0 saturated heterocycles. The van der Waals surface area contributed by atoms with Crippen molar-refractivity contribution in [2.75, 3.05) is 23.3 Å². The molecule has 3 rings (SSSR count). The van der Waals surface area contributed by atoms with E-state index in [4.69, 9.17) is 4.74 Å². The maximum atomic E-state index is 13.4. The molecule has 1 N–H and O–H groups in total. The predicted octanol–water partition coefficient (Wildman–Crippen LogP) is 3.81. The zero-order valence-electron chi connectivity index (χ0n) is 15.9.